The van der Waals surface area contributed by atoms with Crippen LogP contribution >= 0.6 is 0 Å². The molecule has 0 fully saturated rings. The van der Waals surface area contributed by atoms with Gasteiger partial charge in [0.15, 0.2) is 0 Å². The number of likely N-dealkylation sites (N-methyl/N-ethyl adjacent to an activating group) is 1. The highest BCUT2D eigenvalue weighted by Gasteiger charge is 2.46. The molecule has 49 heavy (non-hydrogen) atoms. The molecule has 0 aliphatic heterocycles. The molecule has 1 aliphatic carbocycles. The number of methoxy groups -OCH3 is 1. The van der Waals surface area contributed by atoms with Gasteiger partial charge >= 0.3 is 12.3 Å². The van der Waals surface area contributed by atoms with Gasteiger partial charge < -0.3 is 25.0 Å². The van der Waals surface area contributed by atoms with Crippen LogP contribution in [0, 0.1) is 0 Å². The lowest BCUT2D eigenvalue weighted by atomic mass is 9.95. The Morgan fingerprint density at radius 2 is 1.82 bits per heavy atom. The Balaban J connectivity index is 2.04. The highest BCUT2D eigenvalue weighted by atomic mass is 32.2. The zero-order valence-electron chi connectivity index (χ0n) is 27.5. The van der Waals surface area contributed by atoms with E-state index in [0.717, 1.165) is 23.1 Å². The standard InChI is InChI=1S/C34H44F3N3O8S/c1-4-20-48-33(44,24-40(32(42)43)28-18-17-26-14-8-9-15-27(26)28)30(23-25-12-6-5-7-13-25)38-31(41)29(16-10-11-21-47-3)39(2)49(45,46)22-19-34(35,36)37/h4-9,11-15,21,28-30,44H,1,10,16-20,22-24H2,2-3H3,(H,38,41)(H,42,43)/t28-,29+,30+,33-/m1/s1. The number of aryl methyl sites for hydroxylation is 1. The van der Waals surface area contributed by atoms with Crippen molar-refractivity contribution in [2.75, 3.05) is 33.1 Å². The predicted octanol–water partition coefficient (Wildman–Crippen LogP) is 4.80. The molecule has 4 atom stereocenters. The van der Waals surface area contributed by atoms with Crippen LogP contribution in [0.15, 0.2) is 79.6 Å². The number of carbonyl (C=O) groups is 2. The third-order valence-electron chi connectivity index (χ3n) is 8.38. The minimum atomic E-state index is -4.75. The van der Waals surface area contributed by atoms with Crippen molar-refractivity contribution in [2.24, 2.45) is 0 Å². The van der Waals surface area contributed by atoms with Gasteiger partial charge in [0.05, 0.1) is 50.8 Å². The molecule has 0 aromatic heterocycles. The number of nitrogens with one attached hydrogen (secondary N) is 1. The summed E-state index contributed by atoms with van der Waals surface area (Å²) < 4.78 is 76.4. The van der Waals surface area contributed by atoms with Gasteiger partial charge in [-0.2, -0.15) is 17.5 Å². The minimum absolute atomic E-state index is 0.0875. The molecule has 0 saturated carbocycles. The van der Waals surface area contributed by atoms with Crippen molar-refractivity contribution in [2.45, 2.75) is 68.6 Å². The average Bonchev–Trinajstić information content (AvgIpc) is 3.49. The molecule has 0 spiro atoms. The van der Waals surface area contributed by atoms with Gasteiger partial charge in [-0.15, -0.1) is 6.58 Å². The Morgan fingerprint density at radius 1 is 1.14 bits per heavy atom. The largest absolute Gasteiger partial charge is 0.505 e. The Kier molecular flexibility index (Phi) is 14.2. The summed E-state index contributed by atoms with van der Waals surface area (Å²) in [6.45, 7) is 2.76. The summed E-state index contributed by atoms with van der Waals surface area (Å²) in [5.41, 5.74) is 2.35. The van der Waals surface area contributed by atoms with Gasteiger partial charge in [0.2, 0.25) is 21.7 Å². The van der Waals surface area contributed by atoms with Crippen molar-refractivity contribution in [1.29, 1.82) is 0 Å². The molecule has 0 bridgehead atoms. The Labute approximate surface area is 285 Å². The second kappa shape index (κ2) is 17.7. The van der Waals surface area contributed by atoms with Crippen LogP contribution in [0.5, 0.6) is 0 Å². The van der Waals surface area contributed by atoms with Crippen LogP contribution in [0.4, 0.5) is 18.0 Å². The van der Waals surface area contributed by atoms with Crippen LogP contribution < -0.4 is 5.32 Å². The van der Waals surface area contributed by atoms with Crippen molar-refractivity contribution >= 4 is 22.0 Å². The minimum Gasteiger partial charge on any atom is -0.505 e. The molecule has 0 unspecified atom stereocenters. The number of carboxylic acid groups (broad SMARTS) is 1. The van der Waals surface area contributed by atoms with Gasteiger partial charge in [-0.1, -0.05) is 60.7 Å². The van der Waals surface area contributed by atoms with Crippen molar-refractivity contribution < 1.29 is 50.9 Å². The molecule has 2 aromatic rings. The SMILES string of the molecule is C=CCO[C@](O)(CN(C(=O)O)[C@@H]1CCc2ccccc21)[C@H](Cc1ccccc1)NC(=O)[C@H](CCC=COC)N(C)S(=O)(=O)CCC(F)(F)F. The fourth-order valence-corrected chi connectivity index (χ4v) is 7.16. The Morgan fingerprint density at radius 3 is 2.45 bits per heavy atom. The van der Waals surface area contributed by atoms with Crippen molar-refractivity contribution in [1.82, 2.24) is 14.5 Å². The summed E-state index contributed by atoms with van der Waals surface area (Å²) in [5.74, 6) is -4.59. The zero-order valence-corrected chi connectivity index (χ0v) is 28.3. The molecule has 0 saturated heterocycles. The van der Waals surface area contributed by atoms with E-state index in [0.29, 0.717) is 22.7 Å². The third-order valence-corrected chi connectivity index (χ3v) is 10.2. The van der Waals surface area contributed by atoms with Crippen LogP contribution in [0.25, 0.3) is 0 Å². The quantitative estimate of drug-likeness (QED) is 0.107. The Bertz CT molecular complexity index is 1540. The van der Waals surface area contributed by atoms with Gasteiger partial charge in [-0.3, -0.25) is 9.69 Å². The number of rotatable bonds is 19. The number of amides is 2. The van der Waals surface area contributed by atoms with E-state index in [2.05, 4.69) is 11.9 Å². The molecule has 0 heterocycles. The van der Waals surface area contributed by atoms with E-state index < -0.39 is 70.8 Å². The van der Waals surface area contributed by atoms with Gasteiger partial charge in [0.1, 0.15) is 6.04 Å². The zero-order chi connectivity index (χ0) is 36.2. The van der Waals surface area contributed by atoms with Gasteiger partial charge in [0.25, 0.3) is 0 Å². The van der Waals surface area contributed by atoms with Crippen molar-refractivity contribution in [3.63, 3.8) is 0 Å². The number of carbonyl (C=O) groups excluding carboxylic acids is 1. The molecule has 0 radical (unpaired) electrons. The number of benzene rings is 2. The summed E-state index contributed by atoms with van der Waals surface area (Å²) in [6, 6.07) is 12.5. The van der Waals surface area contributed by atoms with Gasteiger partial charge in [-0.25, -0.2) is 13.2 Å². The number of hydrogen-bond acceptors (Lipinski definition) is 7. The number of aliphatic hydroxyl groups is 1. The number of sulfonamides is 1. The van der Waals surface area contributed by atoms with Crippen LogP contribution in [0.3, 0.4) is 0 Å². The monoisotopic (exact) mass is 711 g/mol. The molecule has 3 N–H and O–H groups in total. The molecule has 3 rings (SSSR count). The maximum Gasteiger partial charge on any atom is 0.408 e. The summed E-state index contributed by atoms with van der Waals surface area (Å²) in [4.78, 5) is 27.8. The number of nitrogens with zero attached hydrogens (tertiary/aromatic N) is 2. The molecule has 270 valence electrons. The highest BCUT2D eigenvalue weighted by molar-refractivity contribution is 7.89. The summed E-state index contributed by atoms with van der Waals surface area (Å²) >= 11 is 0. The lowest BCUT2D eigenvalue weighted by Gasteiger charge is -2.41. The number of halogens is 3. The summed E-state index contributed by atoms with van der Waals surface area (Å²) in [7, 11) is -2.18. The molecule has 1 aliphatic rings. The number of fused-ring (bicyclic) bond motifs is 1. The molecule has 11 nitrogen and oxygen atoms in total. The average molecular weight is 712 g/mol. The lowest BCUT2D eigenvalue weighted by Crippen LogP contribution is -2.63. The molecule has 15 heteroatoms. The van der Waals surface area contributed by atoms with E-state index in [-0.39, 0.29) is 25.9 Å². The van der Waals surface area contributed by atoms with Crippen molar-refractivity contribution in [3.8, 4) is 0 Å². The molecular formula is C34H44F3N3O8S. The Hall–Kier alpha value is -3.92. The third kappa shape index (κ3) is 11.3. The van der Waals surface area contributed by atoms with E-state index >= 15 is 0 Å². The lowest BCUT2D eigenvalue weighted by molar-refractivity contribution is -0.225. The fourth-order valence-electron chi connectivity index (χ4n) is 5.79. The predicted molar refractivity (Wildman–Crippen MR) is 177 cm³/mol. The van der Waals surface area contributed by atoms with Crippen LogP contribution in [-0.2, 0) is 37.1 Å². The summed E-state index contributed by atoms with van der Waals surface area (Å²) in [6.07, 6.45) is -2.61. The maximum absolute atomic E-state index is 14.0. The van der Waals surface area contributed by atoms with E-state index in [1.807, 2.05) is 18.2 Å². The van der Waals surface area contributed by atoms with Crippen LogP contribution in [0.2, 0.25) is 0 Å². The van der Waals surface area contributed by atoms with Crippen LogP contribution in [-0.4, -0.2) is 96.9 Å². The number of allylic oxidation sites excluding steroid dienone is 1. The topological polar surface area (TPSA) is 146 Å². The van der Waals surface area contributed by atoms with Gasteiger partial charge in [0, 0.05) is 7.05 Å². The second-order valence-corrected chi connectivity index (χ2v) is 13.9. The normalized spacial score (nSPS) is 17.2. The molecule has 2 amide bonds. The first kappa shape index (κ1) is 39.5. The number of ether oxygens (including phenoxy) is 2. The highest BCUT2D eigenvalue weighted by Crippen LogP contribution is 2.37. The van der Waals surface area contributed by atoms with Crippen molar-refractivity contribution in [3.05, 3.63) is 96.3 Å². The summed E-state index contributed by atoms with van der Waals surface area (Å²) in [5, 5.41) is 25.3. The van der Waals surface area contributed by atoms with E-state index in [9.17, 15) is 41.4 Å². The first-order valence-corrected chi connectivity index (χ1v) is 17.3. The smallest absolute Gasteiger partial charge is 0.408 e. The molecule has 2 aromatic carbocycles. The maximum atomic E-state index is 14.0. The molecular weight excluding hydrogens is 667 g/mol. The van der Waals surface area contributed by atoms with Gasteiger partial charge in [-0.05, 0) is 54.9 Å². The van der Waals surface area contributed by atoms with E-state index in [1.165, 1.54) is 25.5 Å². The van der Waals surface area contributed by atoms with E-state index in [4.69, 9.17) is 9.47 Å². The first-order valence-electron chi connectivity index (χ1n) is 15.7. The first-order chi connectivity index (χ1) is 23.1. The fraction of sp³-hybridized carbons (Fsp3) is 0.471. The second-order valence-electron chi connectivity index (χ2n) is 11.8. The number of alkyl halides is 3. The van der Waals surface area contributed by atoms with Crippen LogP contribution in [0.1, 0.15) is 48.4 Å². The van der Waals surface area contributed by atoms with E-state index in [1.54, 1.807) is 36.4 Å². The number of hydrogen-bond donors (Lipinski definition) is 3.